The number of rotatable bonds is 8. The maximum Gasteiger partial charge on any atom is 0.216 e. The normalized spacial score (nSPS) is 23.7. The number of ether oxygens (including phenoxy) is 1. The number of hydrogen-bond donors (Lipinski definition) is 2. The maximum absolute atomic E-state index is 13.6. The van der Waals surface area contributed by atoms with E-state index in [0.717, 1.165) is 18.4 Å². The first-order valence-corrected chi connectivity index (χ1v) is 12.3. The molecule has 1 aromatic rings. The van der Waals surface area contributed by atoms with Gasteiger partial charge in [-0.3, -0.25) is 4.99 Å². The highest BCUT2D eigenvalue weighted by Crippen LogP contribution is 2.48. The second-order valence-corrected chi connectivity index (χ2v) is 10.4. The molecule has 0 amide bonds. The second kappa shape index (κ2) is 11.2. The molecule has 0 bridgehead atoms. The quantitative estimate of drug-likeness (QED) is 0.286. The molecule has 3 rings (SSSR count). The molecule has 0 aromatic heterocycles. The van der Waals surface area contributed by atoms with Crippen molar-refractivity contribution in [2.75, 3.05) is 38.5 Å². The number of morpholine rings is 1. The van der Waals surface area contributed by atoms with Gasteiger partial charge in [0.25, 0.3) is 0 Å². The third kappa shape index (κ3) is 7.26. The summed E-state index contributed by atoms with van der Waals surface area (Å²) in [5.41, 5.74) is 0.858. The number of hydrogen-bond acceptors (Lipinski definition) is 4. The Bertz CT molecular complexity index is 854. The van der Waals surface area contributed by atoms with Gasteiger partial charge >= 0.3 is 0 Å². The molecule has 1 aliphatic carbocycles. The first-order chi connectivity index (χ1) is 14.2. The van der Waals surface area contributed by atoms with Gasteiger partial charge in [-0.05, 0) is 51.3 Å². The summed E-state index contributed by atoms with van der Waals surface area (Å²) >= 11 is 0. The minimum Gasteiger partial charge on any atom is -0.373 e. The highest BCUT2D eigenvalue weighted by molar-refractivity contribution is 14.0. The largest absolute Gasteiger partial charge is 0.373 e. The fourth-order valence-corrected chi connectivity index (χ4v) is 5.36. The van der Waals surface area contributed by atoms with Crippen LogP contribution in [0.3, 0.4) is 0 Å². The molecule has 1 aliphatic heterocycles. The lowest BCUT2D eigenvalue weighted by molar-refractivity contribution is -0.0440. The molecule has 1 aromatic carbocycles. The van der Waals surface area contributed by atoms with Gasteiger partial charge in [0.1, 0.15) is 5.82 Å². The molecule has 0 spiro atoms. The molecule has 1 saturated heterocycles. The summed E-state index contributed by atoms with van der Waals surface area (Å²) in [4.78, 5) is 4.65. The summed E-state index contributed by atoms with van der Waals surface area (Å²) in [6.07, 6.45) is 1.74. The molecule has 2 unspecified atom stereocenters. The molecule has 10 heteroatoms. The van der Waals surface area contributed by atoms with Gasteiger partial charge in [-0.15, -0.1) is 24.0 Å². The zero-order valence-corrected chi connectivity index (χ0v) is 21.6. The van der Waals surface area contributed by atoms with Crippen LogP contribution in [0, 0.1) is 5.82 Å². The first kappa shape index (κ1) is 26.3. The Kier molecular flexibility index (Phi) is 9.53. The van der Waals surface area contributed by atoms with Crippen molar-refractivity contribution in [1.29, 1.82) is 0 Å². The summed E-state index contributed by atoms with van der Waals surface area (Å²) in [5, 5.41) is 6.29. The van der Waals surface area contributed by atoms with Gasteiger partial charge in [-0.2, -0.15) is 4.31 Å². The lowest BCUT2D eigenvalue weighted by Crippen LogP contribution is -2.50. The van der Waals surface area contributed by atoms with Crippen molar-refractivity contribution in [2.45, 2.75) is 51.2 Å². The van der Waals surface area contributed by atoms with Crippen LogP contribution < -0.4 is 10.6 Å². The van der Waals surface area contributed by atoms with Gasteiger partial charge in [0.15, 0.2) is 5.96 Å². The Balaban J connectivity index is 0.00000341. The first-order valence-electron chi connectivity index (χ1n) is 10.7. The van der Waals surface area contributed by atoms with Gasteiger partial charge in [0.2, 0.25) is 10.0 Å². The maximum atomic E-state index is 13.6. The van der Waals surface area contributed by atoms with E-state index in [1.165, 1.54) is 10.4 Å². The van der Waals surface area contributed by atoms with Crippen molar-refractivity contribution in [3.63, 3.8) is 0 Å². The Morgan fingerprint density at radius 3 is 2.52 bits per heavy atom. The van der Waals surface area contributed by atoms with E-state index in [4.69, 9.17) is 4.74 Å². The fourth-order valence-electron chi connectivity index (χ4n) is 3.86. The van der Waals surface area contributed by atoms with Gasteiger partial charge in [0, 0.05) is 31.6 Å². The highest BCUT2D eigenvalue weighted by Gasteiger charge is 2.44. The van der Waals surface area contributed by atoms with E-state index in [1.807, 2.05) is 26.8 Å². The zero-order chi connectivity index (χ0) is 21.8. The molecule has 2 aliphatic rings. The van der Waals surface area contributed by atoms with Crippen LogP contribution >= 0.6 is 24.0 Å². The summed E-state index contributed by atoms with van der Waals surface area (Å²) in [6, 6.07) is 6.71. The molecule has 0 radical (unpaired) electrons. The van der Waals surface area contributed by atoms with E-state index >= 15 is 0 Å². The summed E-state index contributed by atoms with van der Waals surface area (Å²) < 4.78 is 46.1. The van der Waals surface area contributed by atoms with Crippen molar-refractivity contribution >= 4 is 40.0 Å². The molecule has 2 N–H and O–H groups in total. The Labute approximate surface area is 202 Å². The van der Waals surface area contributed by atoms with Crippen molar-refractivity contribution in [1.82, 2.24) is 14.9 Å². The van der Waals surface area contributed by atoms with E-state index in [2.05, 4.69) is 15.6 Å². The van der Waals surface area contributed by atoms with E-state index in [0.29, 0.717) is 32.1 Å². The number of benzene rings is 1. The van der Waals surface area contributed by atoms with Crippen molar-refractivity contribution < 1.29 is 17.5 Å². The molecule has 176 valence electrons. The minimum atomic E-state index is -3.37. The fraction of sp³-hybridized carbons (Fsp3) is 0.667. The summed E-state index contributed by atoms with van der Waals surface area (Å²) in [5.74, 6) is 0.343. The average molecular weight is 568 g/mol. The SMILES string of the molecule is CCNC(=NCC1(c2cccc(F)c2)CC1)NCCS(=O)(=O)N1CC(C)OC(C)C1.I. The predicted octanol–water partition coefficient (Wildman–Crippen LogP) is 2.47. The van der Waals surface area contributed by atoms with E-state index in [-0.39, 0.29) is 59.7 Å². The predicted molar refractivity (Wildman–Crippen MR) is 132 cm³/mol. The van der Waals surface area contributed by atoms with Gasteiger partial charge in [-0.25, -0.2) is 12.8 Å². The van der Waals surface area contributed by atoms with Crippen LogP contribution in [0.5, 0.6) is 0 Å². The Morgan fingerprint density at radius 2 is 1.94 bits per heavy atom. The van der Waals surface area contributed by atoms with Gasteiger partial charge in [-0.1, -0.05) is 12.1 Å². The Morgan fingerprint density at radius 1 is 1.26 bits per heavy atom. The molecular formula is C21H34FIN4O3S. The number of guanidine groups is 1. The van der Waals surface area contributed by atoms with E-state index < -0.39 is 10.0 Å². The van der Waals surface area contributed by atoms with E-state index in [1.54, 1.807) is 12.1 Å². The number of nitrogens with zero attached hydrogens (tertiary/aromatic N) is 2. The molecule has 7 nitrogen and oxygen atoms in total. The molecule has 1 heterocycles. The van der Waals surface area contributed by atoms with Crippen molar-refractivity contribution in [3.8, 4) is 0 Å². The van der Waals surface area contributed by atoms with Crippen LogP contribution in [-0.2, 0) is 20.2 Å². The number of aliphatic imine (C=N–C) groups is 1. The standard InChI is InChI=1S/C21H33FN4O3S.HI/c1-4-23-20(25-15-21(8-9-21)18-6-5-7-19(22)12-18)24-10-11-30(27,28)26-13-16(2)29-17(3)14-26;/h5-7,12,16-17H,4,8-11,13-15H2,1-3H3,(H2,23,24,25);1H. The Hall–Kier alpha value is -0.980. The summed E-state index contributed by atoms with van der Waals surface area (Å²) in [7, 11) is -3.37. The lowest BCUT2D eigenvalue weighted by atomic mass is 9.96. The third-order valence-electron chi connectivity index (χ3n) is 5.61. The van der Waals surface area contributed by atoms with Crippen molar-refractivity contribution in [2.24, 2.45) is 4.99 Å². The van der Waals surface area contributed by atoms with Crippen LogP contribution in [0.25, 0.3) is 0 Å². The average Bonchev–Trinajstić information content (AvgIpc) is 3.46. The molecule has 31 heavy (non-hydrogen) atoms. The van der Waals surface area contributed by atoms with Crippen LogP contribution in [0.4, 0.5) is 4.39 Å². The van der Waals surface area contributed by atoms with Crippen LogP contribution in [0.1, 0.15) is 39.2 Å². The third-order valence-corrected chi connectivity index (χ3v) is 7.41. The molecular weight excluding hydrogens is 534 g/mol. The summed E-state index contributed by atoms with van der Waals surface area (Å²) in [6.45, 7) is 7.98. The number of halogens is 2. The lowest BCUT2D eigenvalue weighted by Gasteiger charge is -2.34. The molecule has 2 atom stereocenters. The number of nitrogens with one attached hydrogen (secondary N) is 2. The number of sulfonamides is 1. The zero-order valence-electron chi connectivity index (χ0n) is 18.4. The van der Waals surface area contributed by atoms with Crippen LogP contribution in [0.15, 0.2) is 29.3 Å². The van der Waals surface area contributed by atoms with E-state index in [9.17, 15) is 12.8 Å². The minimum absolute atomic E-state index is 0. The van der Waals surface area contributed by atoms with Crippen LogP contribution in [-0.4, -0.2) is 69.4 Å². The monoisotopic (exact) mass is 568 g/mol. The van der Waals surface area contributed by atoms with Gasteiger partial charge < -0.3 is 15.4 Å². The molecule has 2 fully saturated rings. The second-order valence-electron chi connectivity index (χ2n) is 8.30. The molecule has 1 saturated carbocycles. The van der Waals surface area contributed by atoms with Gasteiger partial charge in [0.05, 0.1) is 24.5 Å². The smallest absolute Gasteiger partial charge is 0.216 e. The topological polar surface area (TPSA) is 83.0 Å². The van der Waals surface area contributed by atoms with Crippen LogP contribution in [0.2, 0.25) is 0 Å². The highest BCUT2D eigenvalue weighted by atomic mass is 127. The van der Waals surface area contributed by atoms with Crippen molar-refractivity contribution in [3.05, 3.63) is 35.6 Å².